The summed E-state index contributed by atoms with van der Waals surface area (Å²) in [5.41, 5.74) is 1.90. The van der Waals surface area contributed by atoms with Gasteiger partial charge in [-0.1, -0.05) is 17.8 Å². The molecular formula is C17H17N7O2S. The fraction of sp³-hybridized carbons (Fsp3) is 0.176. The van der Waals surface area contributed by atoms with Gasteiger partial charge in [0.2, 0.25) is 11.1 Å². The Morgan fingerprint density at radius 3 is 2.63 bits per heavy atom. The van der Waals surface area contributed by atoms with Gasteiger partial charge in [0, 0.05) is 24.5 Å². The van der Waals surface area contributed by atoms with E-state index in [1.165, 1.54) is 16.4 Å². The topological polar surface area (TPSA) is 115 Å². The van der Waals surface area contributed by atoms with Crippen molar-refractivity contribution < 1.29 is 9.59 Å². The van der Waals surface area contributed by atoms with E-state index in [0.717, 1.165) is 5.69 Å². The number of thioether (sulfide) groups is 1. The van der Waals surface area contributed by atoms with Gasteiger partial charge in [0.25, 0.3) is 5.91 Å². The van der Waals surface area contributed by atoms with Gasteiger partial charge in [-0.05, 0) is 46.8 Å². The van der Waals surface area contributed by atoms with Crippen LogP contribution < -0.4 is 10.6 Å². The van der Waals surface area contributed by atoms with Gasteiger partial charge in [0.05, 0.1) is 18.0 Å². The Morgan fingerprint density at radius 1 is 1.15 bits per heavy atom. The van der Waals surface area contributed by atoms with E-state index in [9.17, 15) is 9.59 Å². The monoisotopic (exact) mass is 383 g/mol. The van der Waals surface area contributed by atoms with Crippen molar-refractivity contribution >= 4 is 29.3 Å². The van der Waals surface area contributed by atoms with Gasteiger partial charge in [0.1, 0.15) is 0 Å². The smallest absolute Gasteiger partial charge is 0.251 e. The van der Waals surface area contributed by atoms with E-state index in [2.05, 4.69) is 31.1 Å². The fourth-order valence-electron chi connectivity index (χ4n) is 2.15. The summed E-state index contributed by atoms with van der Waals surface area (Å²) in [7, 11) is 1.71. The highest BCUT2D eigenvalue weighted by Crippen LogP contribution is 2.14. The minimum absolute atomic E-state index is 0.181. The van der Waals surface area contributed by atoms with Crippen LogP contribution in [0, 0.1) is 0 Å². The van der Waals surface area contributed by atoms with E-state index in [-0.39, 0.29) is 17.6 Å². The van der Waals surface area contributed by atoms with Crippen LogP contribution in [0.2, 0.25) is 0 Å². The van der Waals surface area contributed by atoms with Crippen molar-refractivity contribution in [3.05, 3.63) is 59.9 Å². The van der Waals surface area contributed by atoms with E-state index >= 15 is 0 Å². The zero-order valence-electron chi connectivity index (χ0n) is 14.5. The number of aryl methyl sites for hydroxylation is 1. The van der Waals surface area contributed by atoms with Crippen LogP contribution in [0.15, 0.2) is 53.8 Å². The number of amides is 2. The molecule has 27 heavy (non-hydrogen) atoms. The van der Waals surface area contributed by atoms with E-state index in [4.69, 9.17) is 0 Å². The van der Waals surface area contributed by atoms with Gasteiger partial charge < -0.3 is 10.6 Å². The lowest BCUT2D eigenvalue weighted by Gasteiger charge is -2.07. The molecule has 2 N–H and O–H groups in total. The van der Waals surface area contributed by atoms with E-state index in [1.807, 2.05) is 18.2 Å². The molecule has 0 aliphatic rings. The highest BCUT2D eigenvalue weighted by atomic mass is 32.2. The second kappa shape index (κ2) is 8.90. The summed E-state index contributed by atoms with van der Waals surface area (Å²) in [5.74, 6) is -0.209. The molecule has 0 aliphatic heterocycles. The number of anilines is 1. The number of carbonyl (C=O) groups is 2. The molecule has 0 aliphatic carbocycles. The van der Waals surface area contributed by atoms with Crippen molar-refractivity contribution in [1.29, 1.82) is 0 Å². The van der Waals surface area contributed by atoms with Gasteiger partial charge in [-0.2, -0.15) is 0 Å². The third-order valence-electron chi connectivity index (χ3n) is 3.50. The Bertz CT molecular complexity index is 913. The summed E-state index contributed by atoms with van der Waals surface area (Å²) in [6, 6.07) is 12.2. The number of nitrogens with one attached hydrogen (secondary N) is 2. The van der Waals surface area contributed by atoms with Crippen LogP contribution in [0.1, 0.15) is 16.1 Å². The molecule has 0 fully saturated rings. The van der Waals surface area contributed by atoms with Crippen molar-refractivity contribution in [3.63, 3.8) is 0 Å². The van der Waals surface area contributed by atoms with Crippen LogP contribution in [0.5, 0.6) is 0 Å². The average Bonchev–Trinajstić information content (AvgIpc) is 3.11. The van der Waals surface area contributed by atoms with Gasteiger partial charge in [-0.25, -0.2) is 4.68 Å². The highest BCUT2D eigenvalue weighted by Gasteiger charge is 2.09. The fourth-order valence-corrected chi connectivity index (χ4v) is 2.80. The number of benzene rings is 1. The zero-order chi connectivity index (χ0) is 19.1. The van der Waals surface area contributed by atoms with Crippen LogP contribution in [0.4, 0.5) is 5.69 Å². The molecule has 0 spiro atoms. The maximum atomic E-state index is 12.2. The number of nitrogens with zero attached hydrogens (tertiary/aromatic N) is 5. The summed E-state index contributed by atoms with van der Waals surface area (Å²) in [5, 5.41) is 17.1. The van der Waals surface area contributed by atoms with Crippen LogP contribution in [-0.4, -0.2) is 42.8 Å². The number of tetrazole rings is 1. The predicted octanol–water partition coefficient (Wildman–Crippen LogP) is 1.27. The SMILES string of the molecule is Cn1nnnc1SCC(=O)Nc1ccc(C(=O)NCc2ccccn2)cc1. The van der Waals surface area contributed by atoms with Crippen molar-refractivity contribution in [2.45, 2.75) is 11.7 Å². The minimum atomic E-state index is -0.205. The zero-order valence-corrected chi connectivity index (χ0v) is 15.3. The van der Waals surface area contributed by atoms with Crippen LogP contribution in [0.3, 0.4) is 0 Å². The van der Waals surface area contributed by atoms with Gasteiger partial charge in [-0.3, -0.25) is 14.6 Å². The summed E-state index contributed by atoms with van der Waals surface area (Å²) in [4.78, 5) is 28.3. The first-order chi connectivity index (χ1) is 13.1. The molecule has 0 radical (unpaired) electrons. The van der Waals surface area contributed by atoms with Gasteiger partial charge >= 0.3 is 0 Å². The standard InChI is InChI=1S/C17H17N7O2S/c1-24-17(21-22-23-24)27-11-15(25)20-13-7-5-12(6-8-13)16(26)19-10-14-4-2-3-9-18-14/h2-9H,10-11H2,1H3,(H,19,26)(H,20,25). The summed E-state index contributed by atoms with van der Waals surface area (Å²) in [6.45, 7) is 0.353. The van der Waals surface area contributed by atoms with E-state index in [1.54, 1.807) is 37.5 Å². The van der Waals surface area contributed by atoms with Crippen LogP contribution in [0.25, 0.3) is 0 Å². The molecule has 0 atom stereocenters. The Morgan fingerprint density at radius 2 is 1.96 bits per heavy atom. The molecule has 3 rings (SSSR count). The molecule has 1 aromatic carbocycles. The molecule has 9 nitrogen and oxygen atoms in total. The van der Waals surface area contributed by atoms with Crippen LogP contribution in [-0.2, 0) is 18.4 Å². The molecule has 0 saturated heterocycles. The summed E-state index contributed by atoms with van der Waals surface area (Å²) in [6.07, 6.45) is 1.68. The Balaban J connectivity index is 1.48. The molecule has 2 amide bonds. The number of rotatable bonds is 7. The molecule has 10 heteroatoms. The number of carbonyl (C=O) groups excluding carboxylic acids is 2. The van der Waals surface area contributed by atoms with E-state index < -0.39 is 0 Å². The normalized spacial score (nSPS) is 10.4. The lowest BCUT2D eigenvalue weighted by molar-refractivity contribution is -0.113. The van der Waals surface area contributed by atoms with Crippen molar-refractivity contribution in [1.82, 2.24) is 30.5 Å². The molecule has 2 heterocycles. The highest BCUT2D eigenvalue weighted by molar-refractivity contribution is 7.99. The first-order valence-corrected chi connectivity index (χ1v) is 9.03. The third kappa shape index (κ3) is 5.35. The first kappa shape index (κ1) is 18.5. The van der Waals surface area contributed by atoms with Crippen molar-refractivity contribution in [3.8, 4) is 0 Å². The number of pyridine rings is 1. The molecule has 0 bridgehead atoms. The number of hydrogen-bond acceptors (Lipinski definition) is 7. The average molecular weight is 383 g/mol. The second-order valence-corrected chi connectivity index (χ2v) is 6.45. The first-order valence-electron chi connectivity index (χ1n) is 8.05. The maximum Gasteiger partial charge on any atom is 0.251 e. The largest absolute Gasteiger partial charge is 0.346 e. The molecule has 0 unspecified atom stereocenters. The Kier molecular flexibility index (Phi) is 6.10. The molecular weight excluding hydrogens is 366 g/mol. The number of aromatic nitrogens is 5. The number of hydrogen-bond donors (Lipinski definition) is 2. The lowest BCUT2D eigenvalue weighted by atomic mass is 10.2. The third-order valence-corrected chi connectivity index (χ3v) is 4.51. The van der Waals surface area contributed by atoms with E-state index in [0.29, 0.717) is 23.0 Å². The quantitative estimate of drug-likeness (QED) is 0.590. The second-order valence-electron chi connectivity index (χ2n) is 5.50. The summed E-state index contributed by atoms with van der Waals surface area (Å²) >= 11 is 1.24. The summed E-state index contributed by atoms with van der Waals surface area (Å²) < 4.78 is 1.50. The minimum Gasteiger partial charge on any atom is -0.346 e. The molecule has 138 valence electrons. The predicted molar refractivity (Wildman–Crippen MR) is 100 cm³/mol. The van der Waals surface area contributed by atoms with Gasteiger partial charge in [0.15, 0.2) is 0 Å². The molecule has 2 aromatic heterocycles. The Labute approximate surface area is 159 Å². The Hall–Kier alpha value is -3.27. The molecule has 0 saturated carbocycles. The van der Waals surface area contributed by atoms with Gasteiger partial charge in [-0.15, -0.1) is 5.10 Å². The maximum absolute atomic E-state index is 12.2. The van der Waals surface area contributed by atoms with Crippen LogP contribution >= 0.6 is 11.8 Å². The lowest BCUT2D eigenvalue weighted by Crippen LogP contribution is -2.23. The van der Waals surface area contributed by atoms with Crippen molar-refractivity contribution in [2.24, 2.45) is 7.05 Å². The van der Waals surface area contributed by atoms with Crippen molar-refractivity contribution in [2.75, 3.05) is 11.1 Å². The molecule has 3 aromatic rings.